The number of nitrogens with one attached hydrogen (secondary N) is 2. The smallest absolute Gasteiger partial charge is 0.272 e. The Kier molecular flexibility index (Phi) is 6.38. The van der Waals surface area contributed by atoms with Crippen LogP contribution in [0.5, 0.6) is 11.5 Å². The van der Waals surface area contributed by atoms with Gasteiger partial charge in [0.25, 0.3) is 5.91 Å². The lowest BCUT2D eigenvalue weighted by Gasteiger charge is -2.11. The van der Waals surface area contributed by atoms with E-state index in [2.05, 4.69) is 10.6 Å². The molecule has 136 valence electrons. The molecule has 0 saturated heterocycles. The van der Waals surface area contributed by atoms with Crippen LogP contribution in [0, 0.1) is 6.92 Å². The van der Waals surface area contributed by atoms with E-state index < -0.39 is 5.91 Å². The van der Waals surface area contributed by atoms with Gasteiger partial charge in [-0.1, -0.05) is 18.2 Å². The molecule has 2 N–H and O–H groups in total. The second kappa shape index (κ2) is 8.71. The van der Waals surface area contributed by atoms with Crippen LogP contribution in [0.15, 0.2) is 48.2 Å². The minimum absolute atomic E-state index is 0.131. The summed E-state index contributed by atoms with van der Waals surface area (Å²) < 4.78 is 10.5. The number of hydrogen-bond acceptors (Lipinski definition) is 4. The van der Waals surface area contributed by atoms with Crippen LogP contribution >= 0.6 is 0 Å². The number of ether oxygens (including phenoxy) is 2. The number of carbonyl (C=O) groups is 2. The fourth-order valence-corrected chi connectivity index (χ4v) is 2.38. The van der Waals surface area contributed by atoms with Gasteiger partial charge in [-0.2, -0.15) is 0 Å². The van der Waals surface area contributed by atoms with Crippen LogP contribution in [0.3, 0.4) is 0 Å². The third-order valence-electron chi connectivity index (χ3n) is 3.55. The lowest BCUT2D eigenvalue weighted by molar-refractivity contribution is -0.120. The van der Waals surface area contributed by atoms with Crippen LogP contribution in [0.1, 0.15) is 18.1 Å². The van der Waals surface area contributed by atoms with Crippen molar-refractivity contribution in [3.63, 3.8) is 0 Å². The highest BCUT2D eigenvalue weighted by molar-refractivity contribution is 6.08. The third kappa shape index (κ3) is 5.11. The zero-order valence-corrected chi connectivity index (χ0v) is 15.3. The Labute approximate surface area is 152 Å². The van der Waals surface area contributed by atoms with Crippen molar-refractivity contribution in [2.24, 2.45) is 0 Å². The Morgan fingerprint density at radius 2 is 1.73 bits per heavy atom. The number of aryl methyl sites for hydroxylation is 1. The molecule has 0 unspecified atom stereocenters. The van der Waals surface area contributed by atoms with Gasteiger partial charge in [-0.15, -0.1) is 0 Å². The van der Waals surface area contributed by atoms with E-state index >= 15 is 0 Å². The first-order valence-corrected chi connectivity index (χ1v) is 8.02. The Hall–Kier alpha value is -3.28. The van der Waals surface area contributed by atoms with Crippen LogP contribution < -0.4 is 20.1 Å². The number of amides is 2. The van der Waals surface area contributed by atoms with Crippen molar-refractivity contribution in [2.45, 2.75) is 13.8 Å². The first-order valence-electron chi connectivity index (χ1n) is 8.02. The van der Waals surface area contributed by atoms with Gasteiger partial charge in [-0.3, -0.25) is 9.59 Å². The van der Waals surface area contributed by atoms with Gasteiger partial charge < -0.3 is 20.1 Å². The molecule has 6 nitrogen and oxygen atoms in total. The fourth-order valence-electron chi connectivity index (χ4n) is 2.38. The molecule has 0 saturated carbocycles. The summed E-state index contributed by atoms with van der Waals surface area (Å²) in [5, 5.41) is 5.35. The Balaban J connectivity index is 2.32. The molecule has 0 aliphatic rings. The molecular weight excluding hydrogens is 332 g/mol. The highest BCUT2D eigenvalue weighted by Gasteiger charge is 2.13. The maximum Gasteiger partial charge on any atom is 0.272 e. The summed E-state index contributed by atoms with van der Waals surface area (Å²) >= 11 is 0. The highest BCUT2D eigenvalue weighted by atomic mass is 16.5. The molecule has 2 aromatic rings. The minimum atomic E-state index is -0.416. The molecule has 0 bridgehead atoms. The second-order valence-electron chi connectivity index (χ2n) is 5.68. The average molecular weight is 354 g/mol. The van der Waals surface area contributed by atoms with Gasteiger partial charge in [0.15, 0.2) is 11.5 Å². The third-order valence-corrected chi connectivity index (χ3v) is 3.55. The molecule has 0 fully saturated rings. The van der Waals surface area contributed by atoms with Gasteiger partial charge in [0.1, 0.15) is 5.70 Å². The summed E-state index contributed by atoms with van der Waals surface area (Å²) in [5.74, 6) is 0.356. The van der Waals surface area contributed by atoms with Crippen molar-refractivity contribution >= 4 is 23.6 Å². The van der Waals surface area contributed by atoms with Crippen LogP contribution in [-0.4, -0.2) is 26.0 Å². The van der Waals surface area contributed by atoms with Crippen LogP contribution in [0.4, 0.5) is 5.69 Å². The molecule has 0 aliphatic heterocycles. The van der Waals surface area contributed by atoms with E-state index in [9.17, 15) is 9.59 Å². The zero-order valence-electron chi connectivity index (χ0n) is 15.3. The van der Waals surface area contributed by atoms with Crippen LogP contribution in [0.25, 0.3) is 6.08 Å². The van der Waals surface area contributed by atoms with E-state index in [-0.39, 0.29) is 11.6 Å². The molecule has 0 heterocycles. The maximum atomic E-state index is 12.6. The molecule has 6 heteroatoms. The topological polar surface area (TPSA) is 76.7 Å². The molecule has 26 heavy (non-hydrogen) atoms. The number of anilines is 1. The van der Waals surface area contributed by atoms with Gasteiger partial charge in [-0.25, -0.2) is 0 Å². The normalized spacial score (nSPS) is 10.8. The van der Waals surface area contributed by atoms with E-state index in [1.54, 1.807) is 37.5 Å². The van der Waals surface area contributed by atoms with Gasteiger partial charge in [0.2, 0.25) is 5.91 Å². The van der Waals surface area contributed by atoms with Crippen molar-refractivity contribution in [2.75, 3.05) is 19.5 Å². The van der Waals surface area contributed by atoms with Crippen LogP contribution in [0.2, 0.25) is 0 Å². The van der Waals surface area contributed by atoms with Gasteiger partial charge in [0.05, 0.1) is 14.2 Å². The number of hydrogen-bond donors (Lipinski definition) is 2. The number of rotatable bonds is 6. The van der Waals surface area contributed by atoms with Crippen molar-refractivity contribution in [1.29, 1.82) is 0 Å². The monoisotopic (exact) mass is 354 g/mol. The lowest BCUT2D eigenvalue weighted by atomic mass is 10.1. The van der Waals surface area contributed by atoms with Crippen molar-refractivity contribution in [1.82, 2.24) is 5.32 Å². The zero-order chi connectivity index (χ0) is 19.1. The summed E-state index contributed by atoms with van der Waals surface area (Å²) in [5.41, 5.74) is 2.49. The predicted octanol–water partition coefficient (Wildman–Crippen LogP) is 3.13. The summed E-state index contributed by atoms with van der Waals surface area (Å²) in [4.78, 5) is 24.1. The molecule has 2 amide bonds. The van der Waals surface area contributed by atoms with Crippen molar-refractivity contribution in [3.8, 4) is 11.5 Å². The summed E-state index contributed by atoms with van der Waals surface area (Å²) in [6.45, 7) is 3.28. The van der Waals surface area contributed by atoms with Gasteiger partial charge in [-0.05, 0) is 48.4 Å². The first-order chi connectivity index (χ1) is 12.4. The molecule has 0 aliphatic carbocycles. The Bertz CT molecular complexity index is 843. The van der Waals surface area contributed by atoms with E-state index in [1.165, 1.54) is 14.0 Å². The molecule has 0 radical (unpaired) electrons. The van der Waals surface area contributed by atoms with Crippen molar-refractivity contribution in [3.05, 3.63) is 59.3 Å². The number of methoxy groups -OCH3 is 2. The maximum absolute atomic E-state index is 12.6. The van der Waals surface area contributed by atoms with Crippen LogP contribution in [-0.2, 0) is 9.59 Å². The molecule has 0 aromatic heterocycles. The quantitative estimate of drug-likeness (QED) is 0.782. The standard InChI is InChI=1S/C20H22N2O4/c1-13-6-5-7-16(10-13)22-20(24)17(21-14(2)23)11-15-8-9-18(25-3)19(12-15)26-4/h5-12H,1-4H3,(H,21,23)(H,22,24)/b17-11+. The summed E-state index contributed by atoms with van der Waals surface area (Å²) in [6.07, 6.45) is 1.58. The Morgan fingerprint density at radius 3 is 2.35 bits per heavy atom. The molecule has 0 atom stereocenters. The summed E-state index contributed by atoms with van der Waals surface area (Å²) in [6, 6.07) is 12.6. The first kappa shape index (κ1) is 19.1. The minimum Gasteiger partial charge on any atom is -0.493 e. The second-order valence-corrected chi connectivity index (χ2v) is 5.68. The number of benzene rings is 2. The molecular formula is C20H22N2O4. The molecule has 2 aromatic carbocycles. The van der Waals surface area contributed by atoms with Gasteiger partial charge in [0, 0.05) is 12.6 Å². The van der Waals surface area contributed by atoms with Gasteiger partial charge >= 0.3 is 0 Å². The fraction of sp³-hybridized carbons (Fsp3) is 0.200. The largest absolute Gasteiger partial charge is 0.493 e. The molecule has 0 spiro atoms. The van der Waals surface area contributed by atoms with Crippen molar-refractivity contribution < 1.29 is 19.1 Å². The van der Waals surface area contributed by atoms with E-state index in [1.807, 2.05) is 25.1 Å². The summed E-state index contributed by atoms with van der Waals surface area (Å²) in [7, 11) is 3.08. The SMILES string of the molecule is COc1ccc(/C=C(/NC(C)=O)C(=O)Nc2cccc(C)c2)cc1OC. The molecule has 2 rings (SSSR count). The lowest BCUT2D eigenvalue weighted by Crippen LogP contribution is -2.28. The average Bonchev–Trinajstić information content (AvgIpc) is 2.60. The predicted molar refractivity (Wildman–Crippen MR) is 101 cm³/mol. The van der Waals surface area contributed by atoms with E-state index in [4.69, 9.17) is 9.47 Å². The Morgan fingerprint density at radius 1 is 1.00 bits per heavy atom. The number of carbonyl (C=O) groups excluding carboxylic acids is 2. The van der Waals surface area contributed by atoms with E-state index in [0.29, 0.717) is 22.7 Å². The van der Waals surface area contributed by atoms with E-state index in [0.717, 1.165) is 5.56 Å². The highest BCUT2D eigenvalue weighted by Crippen LogP contribution is 2.28.